The number of aromatic amines is 1. The third-order valence-electron chi connectivity index (χ3n) is 5.56. The number of benzene rings is 2. The highest BCUT2D eigenvalue weighted by molar-refractivity contribution is 6.11. The molecule has 3 heterocycles. The van der Waals surface area contributed by atoms with Gasteiger partial charge in [-0.05, 0) is 73.0 Å². The Morgan fingerprint density at radius 1 is 1.03 bits per heavy atom. The van der Waals surface area contributed by atoms with Crippen LogP contribution in [0.15, 0.2) is 67.0 Å². The molecule has 2 aromatic carbocycles. The van der Waals surface area contributed by atoms with Gasteiger partial charge in [0, 0.05) is 18.1 Å². The van der Waals surface area contributed by atoms with E-state index in [2.05, 4.69) is 55.7 Å². The number of anilines is 1. The molecule has 1 aliphatic rings. The van der Waals surface area contributed by atoms with Crippen molar-refractivity contribution in [1.29, 1.82) is 0 Å². The van der Waals surface area contributed by atoms with Gasteiger partial charge in [0.25, 0.3) is 5.91 Å². The second-order valence-corrected chi connectivity index (χ2v) is 7.71. The Balaban J connectivity index is 1.43. The first-order valence-corrected chi connectivity index (χ1v) is 10.3. The Morgan fingerprint density at radius 3 is 2.73 bits per heavy atom. The standard InChI is InChI=1S/C24H23N5O/c30-24(26-20-7-4-10-25-15-20)23-21-14-19(8-9-22(21)27-28-23)18-6-3-5-17(13-18)16-29-11-1-2-12-29/h3-10,13-15H,1-2,11-12,16H2,(H,26,30)(H,27,28). The van der Waals surface area contributed by atoms with Gasteiger partial charge in [-0.3, -0.25) is 19.8 Å². The monoisotopic (exact) mass is 397 g/mol. The first kappa shape index (κ1) is 18.5. The smallest absolute Gasteiger partial charge is 0.276 e. The number of nitrogens with one attached hydrogen (secondary N) is 2. The van der Waals surface area contributed by atoms with Crippen LogP contribution in [0.5, 0.6) is 0 Å². The lowest BCUT2D eigenvalue weighted by atomic mass is 10.0. The fraction of sp³-hybridized carbons (Fsp3) is 0.208. The lowest BCUT2D eigenvalue weighted by Gasteiger charge is -2.15. The van der Waals surface area contributed by atoms with E-state index in [9.17, 15) is 4.79 Å². The van der Waals surface area contributed by atoms with E-state index in [1.54, 1.807) is 24.5 Å². The number of nitrogens with zero attached hydrogens (tertiary/aromatic N) is 3. The first-order valence-electron chi connectivity index (χ1n) is 10.3. The molecule has 6 nitrogen and oxygen atoms in total. The summed E-state index contributed by atoms with van der Waals surface area (Å²) in [6, 6.07) is 18.3. The quantitative estimate of drug-likeness (QED) is 0.521. The highest BCUT2D eigenvalue weighted by atomic mass is 16.1. The number of pyridine rings is 1. The second kappa shape index (κ2) is 8.08. The van der Waals surface area contributed by atoms with Crippen LogP contribution in [0.2, 0.25) is 0 Å². The fourth-order valence-electron chi connectivity index (χ4n) is 4.04. The summed E-state index contributed by atoms with van der Waals surface area (Å²) in [5.74, 6) is -0.255. The SMILES string of the molecule is O=C(Nc1cccnc1)c1n[nH]c2ccc(-c3cccc(CN4CCCC4)c3)cc12. The Morgan fingerprint density at radius 2 is 1.90 bits per heavy atom. The van der Waals surface area contributed by atoms with Gasteiger partial charge in [0.2, 0.25) is 0 Å². The summed E-state index contributed by atoms with van der Waals surface area (Å²) in [5, 5.41) is 10.9. The minimum absolute atomic E-state index is 0.255. The molecular weight excluding hydrogens is 374 g/mol. The van der Waals surface area contributed by atoms with Crippen molar-refractivity contribution in [2.45, 2.75) is 19.4 Å². The molecule has 5 rings (SSSR count). The number of carbonyl (C=O) groups is 1. The van der Waals surface area contributed by atoms with Gasteiger partial charge >= 0.3 is 0 Å². The number of hydrogen-bond acceptors (Lipinski definition) is 4. The molecule has 1 amide bonds. The van der Waals surface area contributed by atoms with Gasteiger partial charge in [-0.25, -0.2) is 0 Å². The molecule has 6 heteroatoms. The van der Waals surface area contributed by atoms with E-state index < -0.39 is 0 Å². The molecule has 0 spiro atoms. The molecule has 0 aliphatic carbocycles. The maximum Gasteiger partial charge on any atom is 0.276 e. The first-order chi connectivity index (χ1) is 14.8. The van der Waals surface area contributed by atoms with Crippen molar-refractivity contribution in [2.24, 2.45) is 0 Å². The average Bonchev–Trinajstić information content (AvgIpc) is 3.44. The van der Waals surface area contributed by atoms with Crippen LogP contribution in [0.25, 0.3) is 22.0 Å². The average molecular weight is 397 g/mol. The van der Waals surface area contributed by atoms with Gasteiger partial charge in [-0.15, -0.1) is 0 Å². The van der Waals surface area contributed by atoms with E-state index in [0.717, 1.165) is 28.6 Å². The van der Waals surface area contributed by atoms with Crippen molar-refractivity contribution in [2.75, 3.05) is 18.4 Å². The van der Waals surface area contributed by atoms with E-state index >= 15 is 0 Å². The van der Waals surface area contributed by atoms with Gasteiger partial charge in [0.05, 0.1) is 17.4 Å². The van der Waals surface area contributed by atoms with Crippen molar-refractivity contribution in [1.82, 2.24) is 20.1 Å². The predicted molar refractivity (Wildman–Crippen MR) is 118 cm³/mol. The Kier molecular flexibility index (Phi) is 4.99. The molecule has 0 saturated carbocycles. The largest absolute Gasteiger partial charge is 0.319 e. The van der Waals surface area contributed by atoms with Gasteiger partial charge < -0.3 is 5.32 Å². The molecule has 30 heavy (non-hydrogen) atoms. The summed E-state index contributed by atoms with van der Waals surface area (Å²) < 4.78 is 0. The van der Waals surface area contributed by atoms with Crippen molar-refractivity contribution in [3.05, 3.63) is 78.2 Å². The number of carbonyl (C=O) groups excluding carboxylic acids is 1. The highest BCUT2D eigenvalue weighted by Gasteiger charge is 2.16. The molecule has 2 N–H and O–H groups in total. The van der Waals surface area contributed by atoms with Crippen molar-refractivity contribution in [3.63, 3.8) is 0 Å². The minimum Gasteiger partial charge on any atom is -0.319 e. The van der Waals surface area contributed by atoms with Gasteiger partial charge in [-0.1, -0.05) is 24.3 Å². The minimum atomic E-state index is -0.255. The van der Waals surface area contributed by atoms with Crippen molar-refractivity contribution < 1.29 is 4.79 Å². The zero-order valence-corrected chi connectivity index (χ0v) is 16.6. The maximum absolute atomic E-state index is 12.8. The summed E-state index contributed by atoms with van der Waals surface area (Å²) in [5.41, 5.74) is 5.39. The molecule has 0 radical (unpaired) electrons. The number of hydrogen-bond donors (Lipinski definition) is 2. The molecule has 4 aromatic rings. The molecular formula is C24H23N5O. The molecule has 1 saturated heterocycles. The Hall–Kier alpha value is -3.51. The van der Waals surface area contributed by atoms with E-state index in [0.29, 0.717) is 11.4 Å². The summed E-state index contributed by atoms with van der Waals surface area (Å²) in [4.78, 5) is 19.3. The summed E-state index contributed by atoms with van der Waals surface area (Å²) >= 11 is 0. The van der Waals surface area contributed by atoms with E-state index in [1.165, 1.54) is 31.5 Å². The van der Waals surface area contributed by atoms with Crippen LogP contribution in [-0.4, -0.2) is 39.1 Å². The Bertz CT molecular complexity index is 1180. The summed E-state index contributed by atoms with van der Waals surface area (Å²) in [7, 11) is 0. The lowest BCUT2D eigenvalue weighted by Crippen LogP contribution is -2.18. The molecule has 0 atom stereocenters. The third kappa shape index (κ3) is 3.82. The molecule has 1 fully saturated rings. The van der Waals surface area contributed by atoms with E-state index in [-0.39, 0.29) is 5.91 Å². The van der Waals surface area contributed by atoms with Gasteiger partial charge in [0.1, 0.15) is 0 Å². The molecule has 0 bridgehead atoms. The van der Waals surface area contributed by atoms with Crippen molar-refractivity contribution in [3.8, 4) is 11.1 Å². The van der Waals surface area contributed by atoms with Gasteiger partial charge in [0.15, 0.2) is 5.69 Å². The molecule has 150 valence electrons. The van der Waals surface area contributed by atoms with Crippen LogP contribution in [-0.2, 0) is 6.54 Å². The third-order valence-corrected chi connectivity index (χ3v) is 5.56. The Labute approximate surface area is 174 Å². The molecule has 1 aliphatic heterocycles. The number of amides is 1. The topological polar surface area (TPSA) is 73.9 Å². The highest BCUT2D eigenvalue weighted by Crippen LogP contribution is 2.27. The van der Waals surface area contributed by atoms with Crippen molar-refractivity contribution >= 4 is 22.5 Å². The van der Waals surface area contributed by atoms with E-state index in [1.807, 2.05) is 12.1 Å². The van der Waals surface area contributed by atoms with E-state index in [4.69, 9.17) is 0 Å². The summed E-state index contributed by atoms with van der Waals surface area (Å²) in [6.45, 7) is 3.35. The normalized spacial score (nSPS) is 14.3. The number of fused-ring (bicyclic) bond motifs is 1. The zero-order valence-electron chi connectivity index (χ0n) is 16.6. The fourth-order valence-corrected chi connectivity index (χ4v) is 4.04. The number of aromatic nitrogens is 3. The molecule has 0 unspecified atom stereocenters. The van der Waals surface area contributed by atoms with Gasteiger partial charge in [-0.2, -0.15) is 5.10 Å². The van der Waals surface area contributed by atoms with Crippen LogP contribution < -0.4 is 5.32 Å². The maximum atomic E-state index is 12.8. The van der Waals surface area contributed by atoms with Crippen LogP contribution >= 0.6 is 0 Å². The van der Waals surface area contributed by atoms with Crippen LogP contribution in [0, 0.1) is 0 Å². The number of rotatable bonds is 5. The number of likely N-dealkylation sites (tertiary alicyclic amines) is 1. The summed E-state index contributed by atoms with van der Waals surface area (Å²) in [6.07, 6.45) is 5.87. The number of H-pyrrole nitrogens is 1. The van der Waals surface area contributed by atoms with Crippen LogP contribution in [0.4, 0.5) is 5.69 Å². The second-order valence-electron chi connectivity index (χ2n) is 7.71. The lowest BCUT2D eigenvalue weighted by molar-refractivity contribution is 0.102. The van der Waals surface area contributed by atoms with Crippen LogP contribution in [0.3, 0.4) is 0 Å². The van der Waals surface area contributed by atoms with Crippen LogP contribution in [0.1, 0.15) is 28.9 Å². The predicted octanol–water partition coefficient (Wildman–Crippen LogP) is 4.47. The zero-order chi connectivity index (χ0) is 20.3. The molecule has 2 aromatic heterocycles.